The van der Waals surface area contributed by atoms with Gasteiger partial charge < -0.3 is 4.42 Å². The Morgan fingerprint density at radius 2 is 1.91 bits per heavy atom. The number of aromatic nitrogens is 1. The van der Waals surface area contributed by atoms with Crippen LogP contribution in [0.25, 0.3) is 11.1 Å². The Bertz CT molecular complexity index is 318. The van der Waals surface area contributed by atoms with Crippen molar-refractivity contribution in [3.63, 3.8) is 0 Å². The van der Waals surface area contributed by atoms with Crippen LogP contribution in [0.1, 0.15) is 0 Å². The van der Waals surface area contributed by atoms with Gasteiger partial charge in [-0.25, -0.2) is 4.98 Å². The Labute approximate surface area is 64.9 Å². The Balaban J connectivity index is 0.000000281. The summed E-state index contributed by atoms with van der Waals surface area (Å²) in [6.45, 7) is 0. The number of rotatable bonds is 0. The minimum atomic E-state index is 0.845. The molecule has 0 aliphatic rings. The highest BCUT2D eigenvalue weighted by Crippen LogP contribution is 2.09. The van der Waals surface area contributed by atoms with Crippen LogP contribution in [-0.2, 0) is 0 Å². The zero-order chi connectivity index (χ0) is 8.10. The molecule has 0 N–H and O–H groups in total. The minimum Gasteiger partial charge on any atom is -0.443 e. The average molecular weight is 145 g/mol. The number of hydrogen-bond donors (Lipinski definition) is 0. The first-order chi connectivity index (χ1) is 5.47. The highest BCUT2D eigenvalue weighted by atomic mass is 16.3. The zero-order valence-electron chi connectivity index (χ0n) is 5.90. The Kier molecular flexibility index (Phi) is 2.29. The van der Waals surface area contributed by atoms with E-state index in [4.69, 9.17) is 4.42 Å². The maximum absolute atomic E-state index is 5.01. The summed E-state index contributed by atoms with van der Waals surface area (Å²) in [7, 11) is 0. The van der Waals surface area contributed by atoms with E-state index in [1.54, 1.807) is 0 Å². The van der Waals surface area contributed by atoms with Crippen molar-refractivity contribution in [2.24, 2.45) is 0 Å². The molecule has 0 saturated carbocycles. The molecule has 0 unspecified atom stereocenters. The summed E-state index contributed by atoms with van der Waals surface area (Å²) in [4.78, 5) is 3.95. The topological polar surface area (TPSA) is 26.0 Å². The Morgan fingerprint density at radius 3 is 2.64 bits per heavy atom. The van der Waals surface area contributed by atoms with Crippen molar-refractivity contribution in [1.82, 2.24) is 4.98 Å². The lowest BCUT2D eigenvalue weighted by molar-refractivity contribution is 0.602. The van der Waals surface area contributed by atoms with E-state index in [1.807, 2.05) is 24.3 Å². The van der Waals surface area contributed by atoms with Gasteiger partial charge >= 0.3 is 0 Å². The van der Waals surface area contributed by atoms with Crippen molar-refractivity contribution >= 4 is 11.1 Å². The summed E-state index contributed by atoms with van der Waals surface area (Å²) in [5.74, 6) is 0. The smallest absolute Gasteiger partial charge is 0.181 e. The summed E-state index contributed by atoms with van der Waals surface area (Å²) < 4.78 is 5.01. The van der Waals surface area contributed by atoms with Crippen molar-refractivity contribution in [2.75, 3.05) is 0 Å². The van der Waals surface area contributed by atoms with Crippen molar-refractivity contribution in [2.45, 2.75) is 0 Å². The highest BCUT2D eigenvalue weighted by molar-refractivity contribution is 5.71. The van der Waals surface area contributed by atoms with Gasteiger partial charge in [-0.15, -0.1) is 12.8 Å². The lowest BCUT2D eigenvalue weighted by atomic mass is 10.3. The van der Waals surface area contributed by atoms with Gasteiger partial charge in [-0.3, -0.25) is 0 Å². The number of oxazole rings is 1. The monoisotopic (exact) mass is 145 g/mol. The molecular weight excluding hydrogens is 138 g/mol. The van der Waals surface area contributed by atoms with Crippen LogP contribution in [0.15, 0.2) is 35.1 Å². The third kappa shape index (κ3) is 1.39. The largest absolute Gasteiger partial charge is 0.443 e. The molecule has 1 heterocycles. The fraction of sp³-hybridized carbons (Fsp3) is 0. The van der Waals surface area contributed by atoms with E-state index in [0.29, 0.717) is 0 Å². The third-order valence-corrected chi connectivity index (χ3v) is 1.24. The van der Waals surface area contributed by atoms with E-state index in [-0.39, 0.29) is 0 Å². The fourth-order valence-electron chi connectivity index (χ4n) is 0.803. The summed E-state index contributed by atoms with van der Waals surface area (Å²) in [5, 5.41) is 0. The van der Waals surface area contributed by atoms with Gasteiger partial charge in [-0.2, -0.15) is 0 Å². The molecule has 0 saturated heterocycles. The minimum absolute atomic E-state index is 0.845. The first kappa shape index (κ1) is 7.36. The second-order valence-corrected chi connectivity index (χ2v) is 1.82. The molecule has 54 valence electrons. The summed E-state index contributed by atoms with van der Waals surface area (Å²) in [6.07, 6.45) is 9.45. The molecule has 0 radical (unpaired) electrons. The number of benzene rings is 1. The molecule has 0 bridgehead atoms. The first-order valence-corrected chi connectivity index (χ1v) is 3.08. The summed E-state index contributed by atoms with van der Waals surface area (Å²) >= 11 is 0. The second kappa shape index (κ2) is 3.43. The highest BCUT2D eigenvalue weighted by Gasteiger charge is 1.91. The molecule has 1 aromatic carbocycles. The van der Waals surface area contributed by atoms with Crippen LogP contribution in [0.3, 0.4) is 0 Å². The van der Waals surface area contributed by atoms with Gasteiger partial charge in [0.1, 0.15) is 5.52 Å². The lowest BCUT2D eigenvalue weighted by Crippen LogP contribution is -1.61. The van der Waals surface area contributed by atoms with E-state index in [9.17, 15) is 0 Å². The second-order valence-electron chi connectivity index (χ2n) is 1.82. The number of nitrogens with zero attached hydrogens (tertiary/aromatic N) is 1. The van der Waals surface area contributed by atoms with Crippen molar-refractivity contribution in [1.29, 1.82) is 0 Å². The molecule has 0 aliphatic carbocycles. The predicted octanol–water partition coefficient (Wildman–Crippen LogP) is 2.08. The van der Waals surface area contributed by atoms with Crippen LogP contribution in [0, 0.1) is 12.8 Å². The summed E-state index contributed by atoms with van der Waals surface area (Å²) in [6, 6.07) is 7.67. The van der Waals surface area contributed by atoms with Crippen molar-refractivity contribution < 1.29 is 4.42 Å². The number of para-hydroxylation sites is 2. The molecule has 0 atom stereocenters. The molecule has 2 nitrogen and oxygen atoms in total. The van der Waals surface area contributed by atoms with Gasteiger partial charge in [0, 0.05) is 0 Å². The molecule has 2 rings (SSSR count). The van der Waals surface area contributed by atoms with Crippen LogP contribution in [0.5, 0.6) is 0 Å². The van der Waals surface area contributed by atoms with Gasteiger partial charge in [0.15, 0.2) is 12.0 Å². The van der Waals surface area contributed by atoms with Gasteiger partial charge in [-0.1, -0.05) is 12.1 Å². The normalized spacial score (nSPS) is 8.55. The first-order valence-electron chi connectivity index (χ1n) is 3.08. The molecular formula is C9H7NO. The Hall–Kier alpha value is -1.75. The standard InChI is InChI=1S/C7H5NO.C2H2/c1-2-4-7-6(3-1)8-5-9-7;1-2/h1-5H;1-2H. The molecule has 0 aliphatic heterocycles. The molecule has 1 aromatic heterocycles. The summed E-state index contributed by atoms with van der Waals surface area (Å²) in [5.41, 5.74) is 1.76. The SMILES string of the molecule is C#C.c1ccc2ocnc2c1. The molecule has 2 aromatic rings. The van der Waals surface area contributed by atoms with Crippen LogP contribution < -0.4 is 0 Å². The van der Waals surface area contributed by atoms with E-state index < -0.39 is 0 Å². The molecule has 11 heavy (non-hydrogen) atoms. The van der Waals surface area contributed by atoms with Gasteiger partial charge in [-0.05, 0) is 12.1 Å². The third-order valence-electron chi connectivity index (χ3n) is 1.24. The van der Waals surface area contributed by atoms with Gasteiger partial charge in [0.05, 0.1) is 0 Å². The van der Waals surface area contributed by atoms with E-state index >= 15 is 0 Å². The van der Waals surface area contributed by atoms with E-state index in [0.717, 1.165) is 11.1 Å². The maximum atomic E-state index is 5.01. The van der Waals surface area contributed by atoms with Crippen molar-refractivity contribution in [3.8, 4) is 12.8 Å². The molecule has 0 spiro atoms. The fourth-order valence-corrected chi connectivity index (χ4v) is 0.803. The zero-order valence-corrected chi connectivity index (χ0v) is 5.90. The molecule has 0 fully saturated rings. The van der Waals surface area contributed by atoms with Crippen LogP contribution in [0.4, 0.5) is 0 Å². The quantitative estimate of drug-likeness (QED) is 0.530. The van der Waals surface area contributed by atoms with Crippen LogP contribution in [-0.4, -0.2) is 4.98 Å². The van der Waals surface area contributed by atoms with Gasteiger partial charge in [0.25, 0.3) is 0 Å². The maximum Gasteiger partial charge on any atom is 0.181 e. The molecule has 0 amide bonds. The number of hydrogen-bond acceptors (Lipinski definition) is 2. The Morgan fingerprint density at radius 1 is 1.18 bits per heavy atom. The molecule has 2 heteroatoms. The van der Waals surface area contributed by atoms with Crippen LogP contribution in [0.2, 0.25) is 0 Å². The van der Waals surface area contributed by atoms with E-state index in [2.05, 4.69) is 17.8 Å². The lowest BCUT2D eigenvalue weighted by Gasteiger charge is -1.79. The van der Waals surface area contributed by atoms with E-state index in [1.165, 1.54) is 6.39 Å². The van der Waals surface area contributed by atoms with Gasteiger partial charge in [0.2, 0.25) is 0 Å². The predicted molar refractivity (Wildman–Crippen MR) is 43.9 cm³/mol. The van der Waals surface area contributed by atoms with Crippen molar-refractivity contribution in [3.05, 3.63) is 30.7 Å². The number of terminal acetylenes is 1. The average Bonchev–Trinajstić information content (AvgIpc) is 2.55. The van der Waals surface area contributed by atoms with Crippen LogP contribution >= 0.6 is 0 Å². The number of fused-ring (bicyclic) bond motifs is 1.